The van der Waals surface area contributed by atoms with E-state index in [0.717, 1.165) is 38.5 Å². The predicted molar refractivity (Wildman–Crippen MR) is 136 cm³/mol. The Balaban J connectivity index is 3.73. The predicted octanol–water partition coefficient (Wildman–Crippen LogP) is 4.80. The van der Waals surface area contributed by atoms with Crippen LogP contribution >= 0.6 is 0 Å². The summed E-state index contributed by atoms with van der Waals surface area (Å²) < 4.78 is 35.8. The number of hydrogen-bond acceptors (Lipinski definition) is 6. The van der Waals surface area contributed by atoms with E-state index in [1.807, 2.05) is 0 Å². The molecule has 0 heterocycles. The third-order valence-electron chi connectivity index (χ3n) is 5.57. The molecule has 0 fully saturated rings. The van der Waals surface area contributed by atoms with E-state index >= 15 is 0 Å². The maximum atomic E-state index is 11.9. The average Bonchev–Trinajstić information content (AvgIpc) is 2.77. The molecular weight excluding hydrogens is 474 g/mol. The summed E-state index contributed by atoms with van der Waals surface area (Å²) in [5.41, 5.74) is 0. The highest BCUT2D eigenvalue weighted by Crippen LogP contribution is 2.10. The van der Waals surface area contributed by atoms with Crippen LogP contribution in [0.5, 0.6) is 0 Å². The van der Waals surface area contributed by atoms with E-state index in [4.69, 9.17) is 14.4 Å². The second-order valence-corrected chi connectivity index (χ2v) is 10.6. The number of carbonyl (C=O) groups is 3. The summed E-state index contributed by atoms with van der Waals surface area (Å²) in [6.45, 7) is 3.75. The molecule has 0 spiro atoms. The molecule has 0 aliphatic carbocycles. The van der Waals surface area contributed by atoms with Crippen LogP contribution < -0.4 is 5.32 Å². The first kappa shape index (κ1) is 33.1. The van der Waals surface area contributed by atoms with E-state index in [-0.39, 0.29) is 12.5 Å². The summed E-state index contributed by atoms with van der Waals surface area (Å²) in [6.07, 6.45) is 18.5. The second kappa shape index (κ2) is 20.3. The van der Waals surface area contributed by atoms with E-state index < -0.39 is 39.8 Å². The van der Waals surface area contributed by atoms with Crippen molar-refractivity contribution >= 4 is 28.0 Å². The Hall–Kier alpha value is -1.94. The smallest absolute Gasteiger partial charge is 0.325 e. The maximum absolute atomic E-state index is 11.9. The SMILES string of the molecule is CCCCCCCC/C=C/CCCCCCCC(=O)NCC(C)OC(=O)CC(C(=O)O)S(=O)(=O)O. The van der Waals surface area contributed by atoms with Gasteiger partial charge in [-0.1, -0.05) is 70.4 Å². The number of nitrogens with one attached hydrogen (secondary N) is 1. The Morgan fingerprint density at radius 1 is 0.886 bits per heavy atom. The minimum absolute atomic E-state index is 0.0270. The van der Waals surface area contributed by atoms with E-state index in [0.29, 0.717) is 6.42 Å². The van der Waals surface area contributed by atoms with Gasteiger partial charge in [-0.15, -0.1) is 0 Å². The fourth-order valence-corrected chi connectivity index (χ4v) is 4.09. The van der Waals surface area contributed by atoms with Gasteiger partial charge in [-0.25, -0.2) is 0 Å². The van der Waals surface area contributed by atoms with Gasteiger partial charge < -0.3 is 15.2 Å². The van der Waals surface area contributed by atoms with Crippen molar-refractivity contribution in [1.82, 2.24) is 5.32 Å². The Bertz CT molecular complexity index is 736. The van der Waals surface area contributed by atoms with E-state index in [9.17, 15) is 22.8 Å². The van der Waals surface area contributed by atoms with Crippen LogP contribution in [0, 0.1) is 0 Å². The zero-order valence-electron chi connectivity index (χ0n) is 21.4. The summed E-state index contributed by atoms with van der Waals surface area (Å²) in [5.74, 6) is -3.11. The second-order valence-electron chi connectivity index (χ2n) is 8.98. The topological polar surface area (TPSA) is 147 Å². The molecule has 0 saturated carbocycles. The van der Waals surface area contributed by atoms with Crippen LogP contribution in [0.1, 0.15) is 110 Å². The molecule has 0 saturated heterocycles. The van der Waals surface area contributed by atoms with Crippen molar-refractivity contribution in [3.05, 3.63) is 12.2 Å². The summed E-state index contributed by atoms with van der Waals surface area (Å²) >= 11 is 0. The lowest BCUT2D eigenvalue weighted by atomic mass is 10.1. The number of carboxylic acid groups (broad SMARTS) is 1. The standard InChI is InChI=1S/C25H45NO8S/c1-3-4-5-6-7-8-9-10-11-12-13-14-15-16-17-18-23(27)26-20-21(2)34-24(28)19-22(25(29)30)35(31,32)33/h10-11,21-22H,3-9,12-20H2,1-2H3,(H,26,27)(H,29,30)(H,31,32,33)/b11-10+. The van der Waals surface area contributed by atoms with Crippen LogP contribution in [0.2, 0.25) is 0 Å². The molecule has 0 rings (SSSR count). The minimum Gasteiger partial charge on any atom is -0.480 e. The van der Waals surface area contributed by atoms with Gasteiger partial charge in [-0.05, 0) is 39.0 Å². The van der Waals surface area contributed by atoms with Crippen molar-refractivity contribution in [2.75, 3.05) is 6.54 Å². The summed E-state index contributed by atoms with van der Waals surface area (Å²) in [4.78, 5) is 34.5. The first-order valence-corrected chi connectivity index (χ1v) is 14.4. The Labute approximate surface area is 210 Å². The fourth-order valence-electron chi connectivity index (χ4n) is 3.49. The normalized spacial score (nSPS) is 13.5. The number of esters is 1. The molecule has 0 aliphatic heterocycles. The van der Waals surface area contributed by atoms with Gasteiger partial charge in [0.15, 0.2) is 5.25 Å². The largest absolute Gasteiger partial charge is 0.480 e. The van der Waals surface area contributed by atoms with Crippen molar-refractivity contribution in [3.63, 3.8) is 0 Å². The molecule has 0 bridgehead atoms. The number of ether oxygens (including phenoxy) is 1. The first-order valence-electron chi connectivity index (χ1n) is 12.9. The van der Waals surface area contributed by atoms with Gasteiger partial charge in [-0.3, -0.25) is 18.9 Å². The minimum atomic E-state index is -4.92. The molecule has 2 unspecified atom stereocenters. The number of carboxylic acids is 1. The van der Waals surface area contributed by atoms with Crippen molar-refractivity contribution in [2.45, 2.75) is 122 Å². The number of carbonyl (C=O) groups excluding carboxylic acids is 2. The molecule has 10 heteroatoms. The number of rotatable bonds is 22. The number of amides is 1. The first-order chi connectivity index (χ1) is 16.6. The molecule has 0 aromatic rings. The van der Waals surface area contributed by atoms with Crippen LogP contribution in [0.4, 0.5) is 0 Å². The van der Waals surface area contributed by atoms with Gasteiger partial charge in [0.05, 0.1) is 13.0 Å². The van der Waals surface area contributed by atoms with Crippen LogP contribution in [0.15, 0.2) is 12.2 Å². The molecule has 1 amide bonds. The van der Waals surface area contributed by atoms with Gasteiger partial charge in [0.1, 0.15) is 6.10 Å². The third-order valence-corrected chi connectivity index (χ3v) is 6.66. The highest BCUT2D eigenvalue weighted by Gasteiger charge is 2.34. The molecule has 0 aliphatic rings. The molecule has 0 aromatic carbocycles. The van der Waals surface area contributed by atoms with E-state index in [1.54, 1.807) is 0 Å². The monoisotopic (exact) mass is 519 g/mol. The molecule has 35 heavy (non-hydrogen) atoms. The number of unbranched alkanes of at least 4 members (excludes halogenated alkanes) is 11. The summed E-state index contributed by atoms with van der Waals surface area (Å²) in [7, 11) is -4.92. The average molecular weight is 520 g/mol. The zero-order chi connectivity index (χ0) is 26.5. The van der Waals surface area contributed by atoms with Crippen LogP contribution in [-0.4, -0.2) is 53.8 Å². The Morgan fingerprint density at radius 2 is 1.40 bits per heavy atom. The molecule has 0 radical (unpaired) electrons. The van der Waals surface area contributed by atoms with Crippen molar-refractivity contribution < 1.29 is 37.2 Å². The van der Waals surface area contributed by atoms with Gasteiger partial charge in [-0.2, -0.15) is 8.42 Å². The van der Waals surface area contributed by atoms with Crippen molar-refractivity contribution in [3.8, 4) is 0 Å². The third kappa shape index (κ3) is 20.0. The number of aliphatic carboxylic acids is 1. The summed E-state index contributed by atoms with van der Waals surface area (Å²) in [6, 6.07) is 0. The lowest BCUT2D eigenvalue weighted by molar-refractivity contribution is -0.151. The fraction of sp³-hybridized carbons (Fsp3) is 0.800. The molecular formula is C25H45NO8S. The maximum Gasteiger partial charge on any atom is 0.325 e. The molecule has 9 nitrogen and oxygen atoms in total. The highest BCUT2D eigenvalue weighted by atomic mass is 32.2. The van der Waals surface area contributed by atoms with Crippen molar-refractivity contribution in [1.29, 1.82) is 0 Å². The number of hydrogen-bond donors (Lipinski definition) is 3. The van der Waals surface area contributed by atoms with Crippen LogP contribution in [-0.2, 0) is 29.2 Å². The van der Waals surface area contributed by atoms with E-state index in [2.05, 4.69) is 24.4 Å². The number of allylic oxidation sites excluding steroid dienone is 2. The lowest BCUT2D eigenvalue weighted by Gasteiger charge is -2.15. The van der Waals surface area contributed by atoms with Crippen LogP contribution in [0.25, 0.3) is 0 Å². The molecule has 3 N–H and O–H groups in total. The zero-order valence-corrected chi connectivity index (χ0v) is 22.2. The van der Waals surface area contributed by atoms with E-state index in [1.165, 1.54) is 51.9 Å². The Kier molecular flexibility index (Phi) is 19.1. The lowest BCUT2D eigenvalue weighted by Crippen LogP contribution is -2.36. The van der Waals surface area contributed by atoms with Crippen molar-refractivity contribution in [2.24, 2.45) is 0 Å². The van der Waals surface area contributed by atoms with Gasteiger partial charge in [0.25, 0.3) is 10.1 Å². The molecule has 2 atom stereocenters. The Morgan fingerprint density at radius 3 is 1.91 bits per heavy atom. The molecule has 0 aromatic heterocycles. The highest BCUT2D eigenvalue weighted by molar-refractivity contribution is 7.87. The van der Waals surface area contributed by atoms with Gasteiger partial charge in [0.2, 0.25) is 5.91 Å². The summed E-state index contributed by atoms with van der Waals surface area (Å²) in [5, 5.41) is 9.15. The van der Waals surface area contributed by atoms with Crippen LogP contribution in [0.3, 0.4) is 0 Å². The molecule has 204 valence electrons. The quantitative estimate of drug-likeness (QED) is 0.0799. The van der Waals surface area contributed by atoms with Gasteiger partial charge in [0, 0.05) is 6.42 Å². The van der Waals surface area contributed by atoms with Gasteiger partial charge >= 0.3 is 11.9 Å².